The zero-order valence-electron chi connectivity index (χ0n) is 16.2. The molecule has 0 fully saturated rings. The number of nitrogens with zero attached hydrogens (tertiary/aromatic N) is 4. The van der Waals surface area contributed by atoms with Crippen molar-refractivity contribution in [2.24, 2.45) is 4.99 Å². The van der Waals surface area contributed by atoms with E-state index < -0.39 is 0 Å². The van der Waals surface area contributed by atoms with Crippen LogP contribution in [0.5, 0.6) is 0 Å². The molecule has 0 N–H and O–H groups in total. The lowest BCUT2D eigenvalue weighted by atomic mass is 10.00. The first-order valence-corrected chi connectivity index (χ1v) is 10.1. The topological polar surface area (TPSA) is 39.2 Å². The van der Waals surface area contributed by atoms with Crippen molar-refractivity contribution in [3.63, 3.8) is 0 Å². The van der Waals surface area contributed by atoms with Crippen LogP contribution in [0.4, 0.5) is 4.39 Å². The molecule has 3 aliphatic rings. The summed E-state index contributed by atoms with van der Waals surface area (Å²) in [4.78, 5) is 24.3. The summed E-state index contributed by atoms with van der Waals surface area (Å²) in [7, 11) is 0. The molecule has 3 heterocycles. The van der Waals surface area contributed by atoms with Crippen molar-refractivity contribution in [3.05, 3.63) is 82.8 Å². The maximum absolute atomic E-state index is 13.4. The lowest BCUT2D eigenvalue weighted by molar-refractivity contribution is -0.125. The Morgan fingerprint density at radius 2 is 1.69 bits per heavy atom. The summed E-state index contributed by atoms with van der Waals surface area (Å²) in [5, 5.41) is 0. The molecule has 0 unspecified atom stereocenters. The Hall–Kier alpha value is -2.99. The monoisotopic (exact) mass is 390 g/mol. The zero-order chi connectivity index (χ0) is 19.8. The SMILES string of the molecule is O=C1C2=C(CCN(Cc3ccccc3)C2)N2CCN=C2N1Cc1ccc(F)cc1. The fourth-order valence-corrected chi connectivity index (χ4v) is 4.37. The van der Waals surface area contributed by atoms with Gasteiger partial charge in [0.05, 0.1) is 18.7 Å². The number of benzene rings is 2. The van der Waals surface area contributed by atoms with Crippen molar-refractivity contribution in [2.75, 3.05) is 26.2 Å². The minimum absolute atomic E-state index is 0.0268. The van der Waals surface area contributed by atoms with Gasteiger partial charge < -0.3 is 4.90 Å². The third-order valence-corrected chi connectivity index (χ3v) is 5.79. The summed E-state index contributed by atoms with van der Waals surface area (Å²) in [5.41, 5.74) is 4.16. The molecule has 148 valence electrons. The largest absolute Gasteiger partial charge is 0.314 e. The second-order valence-corrected chi connectivity index (χ2v) is 7.72. The summed E-state index contributed by atoms with van der Waals surface area (Å²) >= 11 is 0. The van der Waals surface area contributed by atoms with Gasteiger partial charge in [-0.3, -0.25) is 19.6 Å². The van der Waals surface area contributed by atoms with Crippen LogP contribution in [0, 0.1) is 5.82 Å². The van der Waals surface area contributed by atoms with Crippen molar-refractivity contribution >= 4 is 11.9 Å². The molecule has 0 saturated carbocycles. The molecule has 0 radical (unpaired) electrons. The van der Waals surface area contributed by atoms with E-state index in [9.17, 15) is 9.18 Å². The fourth-order valence-electron chi connectivity index (χ4n) is 4.37. The van der Waals surface area contributed by atoms with Gasteiger partial charge in [-0.05, 0) is 23.3 Å². The zero-order valence-corrected chi connectivity index (χ0v) is 16.2. The van der Waals surface area contributed by atoms with E-state index in [-0.39, 0.29) is 11.7 Å². The van der Waals surface area contributed by atoms with Crippen LogP contribution < -0.4 is 0 Å². The van der Waals surface area contributed by atoms with E-state index >= 15 is 0 Å². The second kappa shape index (κ2) is 7.44. The molecule has 0 aliphatic carbocycles. The van der Waals surface area contributed by atoms with Crippen LogP contribution in [0.1, 0.15) is 17.5 Å². The average Bonchev–Trinajstić information content (AvgIpc) is 3.23. The maximum atomic E-state index is 13.4. The summed E-state index contributed by atoms with van der Waals surface area (Å²) < 4.78 is 13.3. The Morgan fingerprint density at radius 1 is 0.931 bits per heavy atom. The van der Waals surface area contributed by atoms with Gasteiger partial charge in [0.15, 0.2) is 0 Å². The maximum Gasteiger partial charge on any atom is 0.259 e. The third kappa shape index (κ3) is 3.44. The smallest absolute Gasteiger partial charge is 0.259 e. The first kappa shape index (κ1) is 18.1. The molecule has 2 aromatic rings. The van der Waals surface area contributed by atoms with E-state index in [1.54, 1.807) is 17.0 Å². The van der Waals surface area contributed by atoms with Crippen LogP contribution in [0.25, 0.3) is 0 Å². The van der Waals surface area contributed by atoms with Crippen LogP contribution in [0.2, 0.25) is 0 Å². The Labute approximate surface area is 169 Å². The van der Waals surface area contributed by atoms with Gasteiger partial charge in [-0.1, -0.05) is 42.5 Å². The molecule has 0 aromatic heterocycles. The Balaban J connectivity index is 1.40. The molecule has 29 heavy (non-hydrogen) atoms. The molecule has 0 spiro atoms. The van der Waals surface area contributed by atoms with Crippen LogP contribution in [-0.2, 0) is 17.9 Å². The highest BCUT2D eigenvalue weighted by atomic mass is 19.1. The number of carbonyl (C=O) groups is 1. The van der Waals surface area contributed by atoms with E-state index in [2.05, 4.69) is 26.9 Å². The third-order valence-electron chi connectivity index (χ3n) is 5.79. The highest BCUT2D eigenvalue weighted by Crippen LogP contribution is 2.32. The van der Waals surface area contributed by atoms with Crippen LogP contribution in [0.3, 0.4) is 0 Å². The predicted molar refractivity (Wildman–Crippen MR) is 109 cm³/mol. The number of fused-ring (bicyclic) bond motifs is 2. The molecule has 5 rings (SSSR count). The molecule has 5 nitrogen and oxygen atoms in total. The highest BCUT2D eigenvalue weighted by molar-refractivity contribution is 6.09. The summed E-state index contributed by atoms with van der Waals surface area (Å²) in [6.07, 6.45) is 0.858. The first-order valence-electron chi connectivity index (χ1n) is 10.1. The van der Waals surface area contributed by atoms with Crippen molar-refractivity contribution in [1.82, 2.24) is 14.7 Å². The highest BCUT2D eigenvalue weighted by Gasteiger charge is 2.40. The van der Waals surface area contributed by atoms with Gasteiger partial charge in [-0.15, -0.1) is 0 Å². The van der Waals surface area contributed by atoms with Gasteiger partial charge in [-0.2, -0.15) is 0 Å². The van der Waals surface area contributed by atoms with Crippen LogP contribution in [0.15, 0.2) is 70.9 Å². The van der Waals surface area contributed by atoms with Gasteiger partial charge in [0, 0.05) is 38.3 Å². The van der Waals surface area contributed by atoms with Crippen LogP contribution in [-0.4, -0.2) is 52.7 Å². The quantitative estimate of drug-likeness (QED) is 0.806. The standard InChI is InChI=1S/C23H23FN4O/c24-19-8-6-18(7-9-19)15-28-22(29)20-16-26(14-17-4-2-1-3-5-17)12-10-21(20)27-13-11-25-23(27)28/h1-9H,10-16H2. The normalized spacial score (nSPS) is 19.3. The van der Waals surface area contributed by atoms with Crippen LogP contribution >= 0.6 is 0 Å². The lowest BCUT2D eigenvalue weighted by Crippen LogP contribution is -2.53. The fraction of sp³-hybridized carbons (Fsp3) is 0.304. The molecule has 2 aromatic carbocycles. The number of halogens is 1. The van der Waals surface area contributed by atoms with Gasteiger partial charge in [-0.25, -0.2) is 4.39 Å². The first-order chi connectivity index (χ1) is 14.2. The minimum Gasteiger partial charge on any atom is -0.314 e. The van der Waals surface area contributed by atoms with Gasteiger partial charge in [0.2, 0.25) is 5.96 Å². The minimum atomic E-state index is -0.271. The second-order valence-electron chi connectivity index (χ2n) is 7.72. The van der Waals surface area contributed by atoms with E-state index in [4.69, 9.17) is 0 Å². The van der Waals surface area contributed by atoms with Gasteiger partial charge in [0.25, 0.3) is 5.91 Å². The molecule has 1 amide bonds. The van der Waals surface area contributed by atoms with Crippen molar-refractivity contribution in [1.29, 1.82) is 0 Å². The molecule has 3 aliphatic heterocycles. The number of aliphatic imine (C=N–C) groups is 1. The molecular formula is C23H23FN4O. The molecule has 0 bridgehead atoms. The number of carbonyl (C=O) groups excluding carboxylic acids is 1. The van der Waals surface area contributed by atoms with E-state index in [0.29, 0.717) is 19.6 Å². The molecular weight excluding hydrogens is 367 g/mol. The number of amides is 1. The van der Waals surface area contributed by atoms with Crippen molar-refractivity contribution in [2.45, 2.75) is 19.5 Å². The van der Waals surface area contributed by atoms with Gasteiger partial charge >= 0.3 is 0 Å². The van der Waals surface area contributed by atoms with E-state index in [1.165, 1.54) is 17.7 Å². The molecule has 0 saturated heterocycles. The van der Waals surface area contributed by atoms with Crippen molar-refractivity contribution < 1.29 is 9.18 Å². The lowest BCUT2D eigenvalue weighted by Gasteiger charge is -2.42. The molecule has 0 atom stereocenters. The summed E-state index contributed by atoms with van der Waals surface area (Å²) in [6, 6.07) is 16.7. The van der Waals surface area contributed by atoms with E-state index in [1.807, 2.05) is 18.2 Å². The summed E-state index contributed by atoms with van der Waals surface area (Å²) in [6.45, 7) is 4.34. The average molecular weight is 390 g/mol. The Morgan fingerprint density at radius 3 is 2.48 bits per heavy atom. The number of guanidine groups is 1. The Kier molecular flexibility index (Phi) is 4.64. The summed E-state index contributed by atoms with van der Waals surface area (Å²) in [5.74, 6) is 0.501. The van der Waals surface area contributed by atoms with Crippen molar-refractivity contribution in [3.8, 4) is 0 Å². The Bertz CT molecular complexity index is 984. The molecule has 6 heteroatoms. The number of hydrogen-bond donors (Lipinski definition) is 0. The number of rotatable bonds is 4. The van der Waals surface area contributed by atoms with E-state index in [0.717, 1.165) is 48.8 Å². The van der Waals surface area contributed by atoms with Gasteiger partial charge in [0.1, 0.15) is 5.82 Å². The predicted octanol–water partition coefficient (Wildman–Crippen LogP) is 3.00. The number of hydrogen-bond acceptors (Lipinski definition) is 4.